The molecule has 1 fully saturated rings. The zero-order valence-electron chi connectivity index (χ0n) is 13.4. The Kier molecular flexibility index (Phi) is 8.82. The standard InChI is InChI=1S/C15H31N3O2/c1-17(2)9-4-10-18(11-12-20-3)15(19)13-14-5-7-16-8-6-14/h14,16H,4-13H2,1-3H3. The van der Waals surface area contributed by atoms with E-state index in [-0.39, 0.29) is 0 Å². The van der Waals surface area contributed by atoms with Gasteiger partial charge >= 0.3 is 0 Å². The molecule has 0 unspecified atom stereocenters. The van der Waals surface area contributed by atoms with Gasteiger partial charge < -0.3 is 19.9 Å². The minimum absolute atomic E-state index is 0.299. The summed E-state index contributed by atoms with van der Waals surface area (Å²) in [5.74, 6) is 0.857. The van der Waals surface area contributed by atoms with E-state index in [9.17, 15) is 4.79 Å². The van der Waals surface area contributed by atoms with Crippen molar-refractivity contribution in [3.8, 4) is 0 Å². The second-order valence-corrected chi connectivity index (χ2v) is 5.93. The fraction of sp³-hybridized carbons (Fsp3) is 0.933. The molecule has 118 valence electrons. The van der Waals surface area contributed by atoms with Crippen LogP contribution in [0, 0.1) is 5.92 Å². The summed E-state index contributed by atoms with van der Waals surface area (Å²) in [6.07, 6.45) is 3.98. The first kappa shape index (κ1) is 17.4. The Labute approximate surface area is 123 Å². The quantitative estimate of drug-likeness (QED) is 0.681. The van der Waals surface area contributed by atoms with Gasteiger partial charge in [-0.05, 0) is 58.9 Å². The maximum atomic E-state index is 12.4. The van der Waals surface area contributed by atoms with E-state index in [1.54, 1.807) is 7.11 Å². The summed E-state index contributed by atoms with van der Waals surface area (Å²) in [6.45, 7) is 5.30. The molecule has 0 aliphatic carbocycles. The Morgan fingerprint density at radius 3 is 2.50 bits per heavy atom. The van der Waals surface area contributed by atoms with Crippen molar-refractivity contribution in [3.63, 3.8) is 0 Å². The number of nitrogens with one attached hydrogen (secondary N) is 1. The van der Waals surface area contributed by atoms with Crippen molar-refractivity contribution in [1.82, 2.24) is 15.1 Å². The second-order valence-electron chi connectivity index (χ2n) is 5.93. The summed E-state index contributed by atoms with van der Waals surface area (Å²) < 4.78 is 5.13. The van der Waals surface area contributed by atoms with E-state index < -0.39 is 0 Å². The van der Waals surface area contributed by atoms with E-state index in [2.05, 4.69) is 24.3 Å². The lowest BCUT2D eigenvalue weighted by Gasteiger charge is -2.27. The molecule has 0 aromatic carbocycles. The Morgan fingerprint density at radius 1 is 1.20 bits per heavy atom. The molecule has 1 amide bonds. The average molecular weight is 285 g/mol. The van der Waals surface area contributed by atoms with Crippen molar-refractivity contribution in [2.24, 2.45) is 5.92 Å². The summed E-state index contributed by atoms with van der Waals surface area (Å²) in [5, 5.41) is 3.35. The Bertz CT molecular complexity index is 266. The lowest BCUT2D eigenvalue weighted by molar-refractivity contribution is -0.133. The Hall–Kier alpha value is -0.650. The number of carbonyl (C=O) groups excluding carboxylic acids is 1. The van der Waals surface area contributed by atoms with Crippen LogP contribution in [0.3, 0.4) is 0 Å². The van der Waals surface area contributed by atoms with Gasteiger partial charge in [0.15, 0.2) is 0 Å². The van der Waals surface area contributed by atoms with E-state index in [1.165, 1.54) is 0 Å². The molecule has 1 aliphatic heterocycles. The van der Waals surface area contributed by atoms with Crippen LogP contribution in [-0.2, 0) is 9.53 Å². The van der Waals surface area contributed by atoms with Crippen molar-refractivity contribution in [3.05, 3.63) is 0 Å². The third kappa shape index (κ3) is 7.22. The number of rotatable bonds is 9. The molecule has 0 atom stereocenters. The SMILES string of the molecule is COCCN(CCCN(C)C)C(=O)CC1CCNCC1. The lowest BCUT2D eigenvalue weighted by Crippen LogP contribution is -2.38. The highest BCUT2D eigenvalue weighted by atomic mass is 16.5. The molecule has 0 spiro atoms. The van der Waals surface area contributed by atoms with Crippen LogP contribution in [0.5, 0.6) is 0 Å². The molecule has 0 aromatic rings. The molecule has 1 heterocycles. The highest BCUT2D eigenvalue weighted by Crippen LogP contribution is 2.17. The first-order valence-corrected chi connectivity index (χ1v) is 7.75. The average Bonchev–Trinajstić information content (AvgIpc) is 2.43. The Morgan fingerprint density at radius 2 is 1.90 bits per heavy atom. The largest absolute Gasteiger partial charge is 0.383 e. The molecule has 1 aliphatic rings. The van der Waals surface area contributed by atoms with Crippen LogP contribution in [-0.4, -0.2) is 76.2 Å². The maximum absolute atomic E-state index is 12.4. The molecular formula is C15H31N3O2. The van der Waals surface area contributed by atoms with Gasteiger partial charge in [-0.2, -0.15) is 0 Å². The zero-order chi connectivity index (χ0) is 14.8. The van der Waals surface area contributed by atoms with E-state index in [4.69, 9.17) is 4.74 Å². The predicted octanol–water partition coefficient (Wildman–Crippen LogP) is 0.803. The van der Waals surface area contributed by atoms with E-state index in [1.807, 2.05) is 4.90 Å². The number of amides is 1. The van der Waals surface area contributed by atoms with Gasteiger partial charge in [-0.3, -0.25) is 4.79 Å². The molecule has 20 heavy (non-hydrogen) atoms. The number of methoxy groups -OCH3 is 1. The van der Waals surface area contributed by atoms with Crippen molar-refractivity contribution >= 4 is 5.91 Å². The first-order valence-electron chi connectivity index (χ1n) is 7.75. The molecule has 5 heteroatoms. The van der Waals surface area contributed by atoms with Gasteiger partial charge in [0.1, 0.15) is 0 Å². The van der Waals surface area contributed by atoms with Crippen LogP contribution in [0.25, 0.3) is 0 Å². The van der Waals surface area contributed by atoms with Gasteiger partial charge in [-0.25, -0.2) is 0 Å². The van der Waals surface area contributed by atoms with E-state index in [0.717, 1.165) is 45.4 Å². The monoisotopic (exact) mass is 285 g/mol. The van der Waals surface area contributed by atoms with Crippen LogP contribution < -0.4 is 5.32 Å². The van der Waals surface area contributed by atoms with Gasteiger partial charge in [-0.15, -0.1) is 0 Å². The number of carbonyl (C=O) groups is 1. The summed E-state index contributed by atoms with van der Waals surface area (Å²) in [6, 6.07) is 0. The summed E-state index contributed by atoms with van der Waals surface area (Å²) in [7, 11) is 5.82. The normalized spacial score (nSPS) is 16.6. The summed E-state index contributed by atoms with van der Waals surface area (Å²) >= 11 is 0. The number of hydrogen-bond acceptors (Lipinski definition) is 4. The van der Waals surface area contributed by atoms with Crippen molar-refractivity contribution < 1.29 is 9.53 Å². The van der Waals surface area contributed by atoms with Gasteiger partial charge in [-0.1, -0.05) is 0 Å². The van der Waals surface area contributed by atoms with Crippen molar-refractivity contribution in [2.75, 3.05) is 60.5 Å². The van der Waals surface area contributed by atoms with Gasteiger partial charge in [0.25, 0.3) is 0 Å². The summed E-state index contributed by atoms with van der Waals surface area (Å²) in [4.78, 5) is 16.6. The van der Waals surface area contributed by atoms with Crippen LogP contribution in [0.15, 0.2) is 0 Å². The van der Waals surface area contributed by atoms with E-state index >= 15 is 0 Å². The number of hydrogen-bond donors (Lipinski definition) is 1. The highest BCUT2D eigenvalue weighted by molar-refractivity contribution is 5.76. The van der Waals surface area contributed by atoms with Crippen LogP contribution in [0.1, 0.15) is 25.7 Å². The smallest absolute Gasteiger partial charge is 0.222 e. The number of nitrogens with zero attached hydrogens (tertiary/aromatic N) is 2. The van der Waals surface area contributed by atoms with Gasteiger partial charge in [0.2, 0.25) is 5.91 Å². The molecule has 0 bridgehead atoms. The fourth-order valence-corrected chi connectivity index (χ4v) is 2.60. The van der Waals surface area contributed by atoms with Crippen molar-refractivity contribution in [1.29, 1.82) is 0 Å². The molecule has 1 rings (SSSR count). The third-order valence-electron chi connectivity index (χ3n) is 3.87. The zero-order valence-corrected chi connectivity index (χ0v) is 13.4. The molecule has 0 saturated carbocycles. The lowest BCUT2D eigenvalue weighted by atomic mass is 9.94. The fourth-order valence-electron chi connectivity index (χ4n) is 2.60. The van der Waals surface area contributed by atoms with Gasteiger partial charge in [0.05, 0.1) is 6.61 Å². The topological polar surface area (TPSA) is 44.8 Å². The van der Waals surface area contributed by atoms with E-state index in [0.29, 0.717) is 31.4 Å². The number of piperidine rings is 1. The van der Waals surface area contributed by atoms with Crippen LogP contribution in [0.4, 0.5) is 0 Å². The maximum Gasteiger partial charge on any atom is 0.222 e. The van der Waals surface area contributed by atoms with Crippen molar-refractivity contribution in [2.45, 2.75) is 25.7 Å². The van der Waals surface area contributed by atoms with Gasteiger partial charge in [0, 0.05) is 26.6 Å². The molecule has 1 N–H and O–H groups in total. The third-order valence-corrected chi connectivity index (χ3v) is 3.87. The Balaban J connectivity index is 2.36. The summed E-state index contributed by atoms with van der Waals surface area (Å²) in [5.41, 5.74) is 0. The minimum atomic E-state index is 0.299. The minimum Gasteiger partial charge on any atom is -0.383 e. The number of ether oxygens (including phenoxy) is 1. The molecule has 0 radical (unpaired) electrons. The second kappa shape index (κ2) is 10.1. The highest BCUT2D eigenvalue weighted by Gasteiger charge is 2.20. The predicted molar refractivity (Wildman–Crippen MR) is 81.8 cm³/mol. The first-order chi connectivity index (χ1) is 9.63. The van der Waals surface area contributed by atoms with Crippen LogP contribution in [0.2, 0.25) is 0 Å². The molecule has 5 nitrogen and oxygen atoms in total. The van der Waals surface area contributed by atoms with Crippen LogP contribution >= 0.6 is 0 Å². The molecular weight excluding hydrogens is 254 g/mol. The molecule has 1 saturated heterocycles. The molecule has 0 aromatic heterocycles.